The minimum absolute atomic E-state index is 0.486. The maximum Gasteiger partial charge on any atom is 0.0653 e. The Balaban J connectivity index is 2.08. The molecule has 1 fully saturated rings. The van der Waals surface area contributed by atoms with Crippen LogP contribution in [-0.2, 0) is 0 Å². The van der Waals surface area contributed by atoms with Gasteiger partial charge in [-0.3, -0.25) is 5.10 Å². The third-order valence-corrected chi connectivity index (χ3v) is 3.90. The number of hydrogen-bond donors (Lipinski definition) is 2. The highest BCUT2D eigenvalue weighted by atomic mass is 15.1. The van der Waals surface area contributed by atoms with Gasteiger partial charge in [-0.25, -0.2) is 0 Å². The summed E-state index contributed by atoms with van der Waals surface area (Å²) in [4.78, 5) is 0. The van der Waals surface area contributed by atoms with Gasteiger partial charge in [0.25, 0.3) is 0 Å². The Labute approximate surface area is 102 Å². The molecule has 3 heteroatoms. The fourth-order valence-corrected chi connectivity index (χ4v) is 2.94. The Morgan fingerprint density at radius 1 is 1.35 bits per heavy atom. The second-order valence-electron chi connectivity index (χ2n) is 5.26. The van der Waals surface area contributed by atoms with Gasteiger partial charge < -0.3 is 5.32 Å². The topological polar surface area (TPSA) is 40.7 Å². The molecule has 0 amide bonds. The van der Waals surface area contributed by atoms with Crippen LogP contribution >= 0.6 is 0 Å². The first-order valence-electron chi connectivity index (χ1n) is 6.41. The van der Waals surface area contributed by atoms with Crippen molar-refractivity contribution in [3.8, 4) is 0 Å². The number of aromatic nitrogens is 2. The molecule has 17 heavy (non-hydrogen) atoms. The summed E-state index contributed by atoms with van der Waals surface area (Å²) in [5.74, 6) is 0.808. The van der Waals surface area contributed by atoms with Crippen LogP contribution < -0.4 is 5.32 Å². The van der Waals surface area contributed by atoms with Gasteiger partial charge in [0.1, 0.15) is 0 Å². The van der Waals surface area contributed by atoms with Crippen LogP contribution in [0, 0.1) is 12.8 Å². The summed E-state index contributed by atoms with van der Waals surface area (Å²) in [7, 11) is 0. The van der Waals surface area contributed by atoms with Gasteiger partial charge >= 0.3 is 0 Å². The molecule has 3 nitrogen and oxygen atoms in total. The molecule has 0 radical (unpaired) electrons. The number of fused-ring (bicyclic) bond motifs is 1. The largest absolute Gasteiger partial charge is 0.310 e. The number of nitrogens with zero attached hydrogens (tertiary/aromatic N) is 1. The van der Waals surface area contributed by atoms with E-state index in [4.69, 9.17) is 0 Å². The number of piperidine rings is 1. The van der Waals surface area contributed by atoms with Crippen molar-refractivity contribution >= 4 is 10.9 Å². The van der Waals surface area contributed by atoms with Crippen molar-refractivity contribution in [2.45, 2.75) is 32.7 Å². The first-order chi connectivity index (χ1) is 8.25. The molecule has 2 aromatic rings. The van der Waals surface area contributed by atoms with E-state index in [1.165, 1.54) is 29.4 Å². The summed E-state index contributed by atoms with van der Waals surface area (Å²) >= 11 is 0. The minimum atomic E-state index is 0.486. The average molecular weight is 229 g/mol. The van der Waals surface area contributed by atoms with Crippen molar-refractivity contribution < 1.29 is 0 Å². The van der Waals surface area contributed by atoms with E-state index in [1.54, 1.807) is 0 Å². The zero-order chi connectivity index (χ0) is 11.8. The fraction of sp³-hybridized carbons (Fsp3) is 0.500. The van der Waals surface area contributed by atoms with E-state index >= 15 is 0 Å². The van der Waals surface area contributed by atoms with Crippen molar-refractivity contribution in [3.63, 3.8) is 0 Å². The van der Waals surface area contributed by atoms with Crippen LogP contribution in [0.25, 0.3) is 10.9 Å². The Morgan fingerprint density at radius 3 is 3.06 bits per heavy atom. The fourth-order valence-electron chi connectivity index (χ4n) is 2.94. The Bertz CT molecular complexity index is 529. The van der Waals surface area contributed by atoms with Gasteiger partial charge in [-0.2, -0.15) is 5.10 Å². The SMILES string of the molecule is Cc1ccc2[nH]ncc2c1C1CC(C)CCN1. The molecule has 2 atom stereocenters. The highest BCUT2D eigenvalue weighted by molar-refractivity contribution is 5.83. The summed E-state index contributed by atoms with van der Waals surface area (Å²) in [5.41, 5.74) is 3.94. The lowest BCUT2D eigenvalue weighted by molar-refractivity contribution is 0.326. The highest BCUT2D eigenvalue weighted by Gasteiger charge is 2.23. The highest BCUT2D eigenvalue weighted by Crippen LogP contribution is 2.33. The number of H-pyrrole nitrogens is 1. The molecule has 1 aromatic heterocycles. The maximum absolute atomic E-state index is 4.16. The molecule has 0 bridgehead atoms. The first-order valence-corrected chi connectivity index (χ1v) is 6.41. The second kappa shape index (κ2) is 4.15. The molecule has 2 N–H and O–H groups in total. The van der Waals surface area contributed by atoms with E-state index in [2.05, 4.69) is 41.5 Å². The van der Waals surface area contributed by atoms with Gasteiger partial charge in [0.05, 0.1) is 11.7 Å². The number of nitrogens with one attached hydrogen (secondary N) is 2. The molecule has 0 saturated carbocycles. The van der Waals surface area contributed by atoms with Crippen LogP contribution in [-0.4, -0.2) is 16.7 Å². The molecule has 2 heterocycles. The third kappa shape index (κ3) is 1.84. The molecule has 0 aliphatic carbocycles. The normalized spacial score (nSPS) is 25.3. The zero-order valence-corrected chi connectivity index (χ0v) is 10.5. The van der Waals surface area contributed by atoms with Gasteiger partial charge in [0.2, 0.25) is 0 Å². The predicted molar refractivity (Wildman–Crippen MR) is 70.0 cm³/mol. The average Bonchev–Trinajstić information content (AvgIpc) is 2.76. The van der Waals surface area contributed by atoms with Gasteiger partial charge in [-0.15, -0.1) is 0 Å². The number of aryl methyl sites for hydroxylation is 1. The van der Waals surface area contributed by atoms with E-state index in [0.717, 1.165) is 18.0 Å². The number of rotatable bonds is 1. The lowest BCUT2D eigenvalue weighted by atomic mass is 9.87. The maximum atomic E-state index is 4.16. The van der Waals surface area contributed by atoms with Gasteiger partial charge in [-0.05, 0) is 49.4 Å². The summed E-state index contributed by atoms with van der Waals surface area (Å²) in [6.45, 7) is 5.67. The molecule has 1 aliphatic heterocycles. The van der Waals surface area contributed by atoms with Crippen molar-refractivity contribution in [1.82, 2.24) is 15.5 Å². The number of hydrogen-bond acceptors (Lipinski definition) is 2. The van der Waals surface area contributed by atoms with Crippen molar-refractivity contribution in [3.05, 3.63) is 29.5 Å². The third-order valence-electron chi connectivity index (χ3n) is 3.90. The molecule has 0 spiro atoms. The Hall–Kier alpha value is -1.35. The molecule has 1 saturated heterocycles. The van der Waals surface area contributed by atoms with Crippen LogP contribution in [0.3, 0.4) is 0 Å². The number of benzene rings is 1. The van der Waals surface area contributed by atoms with Crippen molar-refractivity contribution in [2.24, 2.45) is 5.92 Å². The van der Waals surface area contributed by atoms with E-state index in [1.807, 2.05) is 6.20 Å². The quantitative estimate of drug-likeness (QED) is 0.789. The second-order valence-corrected chi connectivity index (χ2v) is 5.26. The zero-order valence-electron chi connectivity index (χ0n) is 10.5. The van der Waals surface area contributed by atoms with Crippen LogP contribution in [0.15, 0.2) is 18.3 Å². The molecular weight excluding hydrogens is 210 g/mol. The standard InChI is InChI=1S/C14H19N3/c1-9-5-6-15-13(7-9)14-10(2)3-4-12-11(14)8-16-17-12/h3-4,8-9,13,15H,5-7H2,1-2H3,(H,16,17). The molecular formula is C14H19N3. The smallest absolute Gasteiger partial charge is 0.0653 e. The summed E-state index contributed by atoms with van der Waals surface area (Å²) in [6, 6.07) is 4.80. The monoisotopic (exact) mass is 229 g/mol. The van der Waals surface area contributed by atoms with Crippen LogP contribution in [0.1, 0.15) is 36.9 Å². The van der Waals surface area contributed by atoms with Gasteiger partial charge in [0, 0.05) is 11.4 Å². The number of aromatic amines is 1. The van der Waals surface area contributed by atoms with Crippen molar-refractivity contribution in [1.29, 1.82) is 0 Å². The lowest BCUT2D eigenvalue weighted by Gasteiger charge is -2.30. The molecule has 90 valence electrons. The van der Waals surface area contributed by atoms with Crippen molar-refractivity contribution in [2.75, 3.05) is 6.54 Å². The molecule has 1 aliphatic rings. The van der Waals surface area contributed by atoms with Crippen LogP contribution in [0.5, 0.6) is 0 Å². The van der Waals surface area contributed by atoms with Crippen LogP contribution in [0.2, 0.25) is 0 Å². The molecule has 2 unspecified atom stereocenters. The van der Waals surface area contributed by atoms with E-state index in [-0.39, 0.29) is 0 Å². The molecule has 1 aromatic carbocycles. The van der Waals surface area contributed by atoms with Gasteiger partial charge in [0.15, 0.2) is 0 Å². The lowest BCUT2D eigenvalue weighted by Crippen LogP contribution is -2.31. The van der Waals surface area contributed by atoms with Gasteiger partial charge in [-0.1, -0.05) is 13.0 Å². The molecule has 3 rings (SSSR count). The summed E-state index contributed by atoms with van der Waals surface area (Å²) in [6.07, 6.45) is 4.47. The van der Waals surface area contributed by atoms with Crippen LogP contribution in [0.4, 0.5) is 0 Å². The Kier molecular flexibility index (Phi) is 2.63. The van der Waals surface area contributed by atoms with E-state index < -0.39 is 0 Å². The van der Waals surface area contributed by atoms with E-state index in [0.29, 0.717) is 6.04 Å². The van der Waals surface area contributed by atoms with E-state index in [9.17, 15) is 0 Å². The summed E-state index contributed by atoms with van der Waals surface area (Å²) in [5, 5.41) is 12.1. The summed E-state index contributed by atoms with van der Waals surface area (Å²) < 4.78 is 0. The Morgan fingerprint density at radius 2 is 2.24 bits per heavy atom. The predicted octanol–water partition coefficient (Wildman–Crippen LogP) is 2.93. The minimum Gasteiger partial charge on any atom is -0.310 e. The first kappa shape index (κ1) is 10.8.